The summed E-state index contributed by atoms with van der Waals surface area (Å²) >= 11 is 0. The predicted molar refractivity (Wildman–Crippen MR) is 103 cm³/mol. The third kappa shape index (κ3) is 4.39. The average Bonchev–Trinajstić information content (AvgIpc) is 2.52. The lowest BCUT2D eigenvalue weighted by Gasteiger charge is -2.22. The summed E-state index contributed by atoms with van der Waals surface area (Å²) in [5, 5.41) is 11.4. The van der Waals surface area contributed by atoms with E-state index in [9.17, 15) is 9.90 Å². The third-order valence-electron chi connectivity index (χ3n) is 4.03. The highest BCUT2D eigenvalue weighted by Gasteiger charge is 2.25. The molecule has 0 bridgehead atoms. The van der Waals surface area contributed by atoms with Crippen LogP contribution in [-0.2, 0) is 6.42 Å². The van der Waals surface area contributed by atoms with Crippen molar-refractivity contribution in [2.75, 3.05) is 0 Å². The fourth-order valence-electron chi connectivity index (χ4n) is 3.07. The van der Waals surface area contributed by atoms with E-state index in [0.717, 1.165) is 23.8 Å². The summed E-state index contributed by atoms with van der Waals surface area (Å²) in [6.45, 7) is 11.7. The van der Waals surface area contributed by atoms with E-state index in [1.54, 1.807) is 0 Å². The molecule has 1 aromatic heterocycles. The van der Waals surface area contributed by atoms with E-state index in [1.165, 1.54) is 6.07 Å². The van der Waals surface area contributed by atoms with Crippen molar-refractivity contribution in [3.8, 4) is 11.5 Å². The molecule has 2 aromatic rings. The zero-order chi connectivity index (χ0) is 19.4. The predicted octanol–water partition coefficient (Wildman–Crippen LogP) is 4.76. The molecule has 144 valence electrons. The van der Waals surface area contributed by atoms with Gasteiger partial charge in [0.15, 0.2) is 5.58 Å². The molecule has 0 radical (unpaired) electrons. The maximum absolute atomic E-state index is 12.2. The van der Waals surface area contributed by atoms with Gasteiger partial charge >= 0.3 is 5.63 Å². The standard InChI is InChI=1S/C21H30O5/c1-7-9-14-10-18(23)26-21-19(14)16(24-12(3)4)11-17(25-13(5)6)20(21)15(22)8-2/h10-13,15,22H,7-9H2,1-6H3. The lowest BCUT2D eigenvalue weighted by Crippen LogP contribution is -2.13. The van der Waals surface area contributed by atoms with Crippen molar-refractivity contribution >= 4 is 11.0 Å². The number of hydrogen-bond acceptors (Lipinski definition) is 5. The van der Waals surface area contributed by atoms with Crippen LogP contribution in [0, 0.1) is 0 Å². The summed E-state index contributed by atoms with van der Waals surface area (Å²) < 4.78 is 17.5. The number of aliphatic hydroxyl groups excluding tert-OH is 1. The van der Waals surface area contributed by atoms with Gasteiger partial charge in [-0.3, -0.25) is 0 Å². The molecule has 26 heavy (non-hydrogen) atoms. The zero-order valence-corrected chi connectivity index (χ0v) is 16.6. The Bertz CT molecular complexity index is 804. The highest BCUT2D eigenvalue weighted by atomic mass is 16.5. The van der Waals surface area contributed by atoms with Crippen LogP contribution in [0.1, 0.15) is 71.6 Å². The quantitative estimate of drug-likeness (QED) is 0.686. The van der Waals surface area contributed by atoms with Gasteiger partial charge in [-0.25, -0.2) is 4.79 Å². The van der Waals surface area contributed by atoms with Crippen molar-refractivity contribution in [3.63, 3.8) is 0 Å². The number of ether oxygens (including phenoxy) is 2. The van der Waals surface area contributed by atoms with Gasteiger partial charge < -0.3 is 19.0 Å². The lowest BCUT2D eigenvalue weighted by atomic mass is 9.97. The van der Waals surface area contributed by atoms with Crippen molar-refractivity contribution in [2.24, 2.45) is 0 Å². The third-order valence-corrected chi connectivity index (χ3v) is 4.03. The van der Waals surface area contributed by atoms with Crippen LogP contribution in [0.15, 0.2) is 21.3 Å². The smallest absolute Gasteiger partial charge is 0.336 e. The van der Waals surface area contributed by atoms with Crippen molar-refractivity contribution in [3.05, 3.63) is 33.7 Å². The van der Waals surface area contributed by atoms with Crippen molar-refractivity contribution in [1.82, 2.24) is 0 Å². The molecule has 0 fully saturated rings. The Morgan fingerprint density at radius 3 is 2.19 bits per heavy atom. The van der Waals surface area contributed by atoms with E-state index in [0.29, 0.717) is 29.1 Å². The summed E-state index contributed by atoms with van der Waals surface area (Å²) in [7, 11) is 0. The molecular formula is C21H30O5. The van der Waals surface area contributed by atoms with Gasteiger partial charge in [0.05, 0.1) is 29.3 Å². The topological polar surface area (TPSA) is 68.9 Å². The minimum atomic E-state index is -0.792. The monoisotopic (exact) mass is 362 g/mol. The lowest BCUT2D eigenvalue weighted by molar-refractivity contribution is 0.161. The largest absolute Gasteiger partial charge is 0.490 e. The number of aliphatic hydroxyl groups is 1. The van der Waals surface area contributed by atoms with Crippen LogP contribution >= 0.6 is 0 Å². The number of benzene rings is 1. The molecule has 2 rings (SSSR count). The first-order chi connectivity index (χ1) is 12.3. The highest BCUT2D eigenvalue weighted by molar-refractivity contribution is 5.91. The first-order valence-electron chi connectivity index (χ1n) is 9.43. The maximum atomic E-state index is 12.2. The molecule has 1 aromatic carbocycles. The van der Waals surface area contributed by atoms with Gasteiger partial charge in [-0.15, -0.1) is 0 Å². The van der Waals surface area contributed by atoms with Crippen molar-refractivity contribution in [1.29, 1.82) is 0 Å². The molecular weight excluding hydrogens is 332 g/mol. The highest BCUT2D eigenvalue weighted by Crippen LogP contribution is 2.42. The molecule has 5 nitrogen and oxygen atoms in total. The molecule has 0 amide bonds. The molecule has 0 aliphatic rings. The number of fused-ring (bicyclic) bond motifs is 1. The summed E-state index contributed by atoms with van der Waals surface area (Å²) in [5.41, 5.74) is 1.32. The van der Waals surface area contributed by atoms with Gasteiger partial charge in [0, 0.05) is 12.1 Å². The van der Waals surface area contributed by atoms with E-state index < -0.39 is 11.7 Å². The molecule has 1 atom stereocenters. The molecule has 1 N–H and O–H groups in total. The van der Waals surface area contributed by atoms with Crippen LogP contribution in [-0.4, -0.2) is 17.3 Å². The first-order valence-corrected chi connectivity index (χ1v) is 9.43. The Morgan fingerprint density at radius 1 is 1.04 bits per heavy atom. The van der Waals surface area contributed by atoms with Crippen LogP contribution in [0.4, 0.5) is 0 Å². The molecule has 0 saturated heterocycles. The van der Waals surface area contributed by atoms with Gasteiger partial charge in [-0.05, 0) is 46.1 Å². The van der Waals surface area contributed by atoms with E-state index in [-0.39, 0.29) is 12.2 Å². The number of rotatable bonds is 8. The Hall–Kier alpha value is -2.01. The fourth-order valence-corrected chi connectivity index (χ4v) is 3.07. The van der Waals surface area contributed by atoms with Crippen LogP contribution in [0.2, 0.25) is 0 Å². The van der Waals surface area contributed by atoms with Crippen LogP contribution < -0.4 is 15.1 Å². The summed E-state index contributed by atoms with van der Waals surface area (Å²) in [4.78, 5) is 12.2. The van der Waals surface area contributed by atoms with Crippen LogP contribution in [0.5, 0.6) is 11.5 Å². The van der Waals surface area contributed by atoms with Crippen LogP contribution in [0.25, 0.3) is 11.0 Å². The molecule has 0 aliphatic heterocycles. The molecule has 0 saturated carbocycles. The van der Waals surface area contributed by atoms with E-state index >= 15 is 0 Å². The SMILES string of the molecule is CCCc1cc(=O)oc2c(C(O)CC)c(OC(C)C)cc(OC(C)C)c12. The van der Waals surface area contributed by atoms with E-state index in [1.807, 2.05) is 40.7 Å². The molecule has 1 heterocycles. The van der Waals surface area contributed by atoms with Crippen molar-refractivity contribution in [2.45, 2.75) is 79.1 Å². The number of aryl methyl sites for hydroxylation is 1. The van der Waals surface area contributed by atoms with Gasteiger partial charge in [0.2, 0.25) is 0 Å². The molecule has 0 aliphatic carbocycles. The summed E-state index contributed by atoms with van der Waals surface area (Å²) in [6.07, 6.45) is 1.16. The minimum absolute atomic E-state index is 0.0477. The first kappa shape index (κ1) is 20.3. The Labute approximate surface area is 154 Å². The minimum Gasteiger partial charge on any atom is -0.490 e. The van der Waals surface area contributed by atoms with Crippen LogP contribution in [0.3, 0.4) is 0 Å². The van der Waals surface area contributed by atoms with E-state index in [4.69, 9.17) is 13.9 Å². The maximum Gasteiger partial charge on any atom is 0.336 e. The Morgan fingerprint density at radius 2 is 1.65 bits per heavy atom. The number of hydrogen-bond donors (Lipinski definition) is 1. The second-order valence-corrected chi connectivity index (χ2v) is 7.09. The van der Waals surface area contributed by atoms with Gasteiger partial charge in [0.25, 0.3) is 0 Å². The van der Waals surface area contributed by atoms with Gasteiger partial charge in [0.1, 0.15) is 11.5 Å². The second kappa shape index (κ2) is 8.58. The van der Waals surface area contributed by atoms with Crippen molar-refractivity contribution < 1.29 is 19.0 Å². The summed E-state index contributed by atoms with van der Waals surface area (Å²) in [5.74, 6) is 1.11. The van der Waals surface area contributed by atoms with Gasteiger partial charge in [-0.2, -0.15) is 0 Å². The Kier molecular flexibility index (Phi) is 6.70. The normalized spacial score (nSPS) is 12.8. The average molecular weight is 362 g/mol. The van der Waals surface area contributed by atoms with E-state index in [2.05, 4.69) is 6.92 Å². The zero-order valence-electron chi connectivity index (χ0n) is 16.6. The fraction of sp³-hybridized carbons (Fsp3) is 0.571. The molecule has 1 unspecified atom stereocenters. The molecule has 0 spiro atoms. The molecule has 5 heteroatoms. The second-order valence-electron chi connectivity index (χ2n) is 7.09. The summed E-state index contributed by atoms with van der Waals surface area (Å²) in [6, 6.07) is 3.33. The van der Waals surface area contributed by atoms with Gasteiger partial charge in [-0.1, -0.05) is 20.3 Å². The Balaban J connectivity index is 2.93.